The SMILES string of the molecule is O=C([C@@H](Cc1ccccc1)n1cnnn1)N1CCSCC1. The van der Waals surface area contributed by atoms with E-state index in [-0.39, 0.29) is 11.9 Å². The van der Waals surface area contributed by atoms with Crippen LogP contribution in [0.3, 0.4) is 0 Å². The fourth-order valence-corrected chi connectivity index (χ4v) is 3.34. The van der Waals surface area contributed by atoms with E-state index in [2.05, 4.69) is 15.5 Å². The molecule has 1 aromatic heterocycles. The summed E-state index contributed by atoms with van der Waals surface area (Å²) >= 11 is 1.89. The van der Waals surface area contributed by atoms with E-state index in [0.29, 0.717) is 6.42 Å². The van der Waals surface area contributed by atoms with Crippen molar-refractivity contribution in [3.63, 3.8) is 0 Å². The lowest BCUT2D eigenvalue weighted by atomic mass is 10.0. The summed E-state index contributed by atoms with van der Waals surface area (Å²) in [6.07, 6.45) is 2.12. The molecule has 1 aliphatic heterocycles. The Kier molecular flexibility index (Phi) is 4.49. The Morgan fingerprint density at radius 2 is 2.00 bits per heavy atom. The third kappa shape index (κ3) is 3.41. The lowest BCUT2D eigenvalue weighted by Crippen LogP contribution is -2.43. The average Bonchev–Trinajstić information content (AvgIpc) is 3.08. The van der Waals surface area contributed by atoms with Crippen molar-refractivity contribution in [2.45, 2.75) is 12.5 Å². The number of hydrogen-bond acceptors (Lipinski definition) is 5. The molecule has 0 unspecified atom stereocenters. The fourth-order valence-electron chi connectivity index (χ4n) is 2.44. The van der Waals surface area contributed by atoms with Crippen molar-refractivity contribution in [2.75, 3.05) is 24.6 Å². The molecule has 2 aromatic rings. The summed E-state index contributed by atoms with van der Waals surface area (Å²) in [5.74, 6) is 2.10. The molecule has 1 aliphatic rings. The highest BCUT2D eigenvalue weighted by molar-refractivity contribution is 7.99. The molecule has 0 radical (unpaired) electrons. The molecule has 7 heteroatoms. The molecule has 1 saturated heterocycles. The van der Waals surface area contributed by atoms with Gasteiger partial charge in [-0.05, 0) is 16.0 Å². The quantitative estimate of drug-likeness (QED) is 0.844. The van der Waals surface area contributed by atoms with Crippen molar-refractivity contribution >= 4 is 17.7 Å². The molecular weight excluding hydrogens is 286 g/mol. The topological polar surface area (TPSA) is 63.9 Å². The summed E-state index contributed by atoms with van der Waals surface area (Å²) < 4.78 is 1.57. The molecule has 0 spiro atoms. The number of nitrogens with zero attached hydrogens (tertiary/aromatic N) is 5. The van der Waals surface area contributed by atoms with Gasteiger partial charge in [0, 0.05) is 31.0 Å². The molecule has 0 N–H and O–H groups in total. The van der Waals surface area contributed by atoms with Gasteiger partial charge >= 0.3 is 0 Å². The molecule has 6 nitrogen and oxygen atoms in total. The standard InChI is InChI=1S/C14H17N5OS/c20-14(18-6-8-21-9-7-18)13(19-11-15-16-17-19)10-12-4-2-1-3-5-12/h1-5,11,13H,6-10H2/t13-/m1/s1. The van der Waals surface area contributed by atoms with E-state index in [1.54, 1.807) is 4.68 Å². The normalized spacial score (nSPS) is 16.7. The zero-order valence-corrected chi connectivity index (χ0v) is 12.4. The van der Waals surface area contributed by atoms with Crippen LogP contribution in [0.5, 0.6) is 0 Å². The molecule has 1 amide bonds. The summed E-state index contributed by atoms with van der Waals surface area (Å²) in [6, 6.07) is 9.61. The van der Waals surface area contributed by atoms with E-state index >= 15 is 0 Å². The van der Waals surface area contributed by atoms with Gasteiger partial charge in [-0.2, -0.15) is 11.8 Å². The van der Waals surface area contributed by atoms with Crippen LogP contribution in [0.25, 0.3) is 0 Å². The van der Waals surface area contributed by atoms with Gasteiger partial charge in [0.1, 0.15) is 12.4 Å². The van der Waals surface area contributed by atoms with Crippen molar-refractivity contribution < 1.29 is 4.79 Å². The highest BCUT2D eigenvalue weighted by Gasteiger charge is 2.28. The minimum Gasteiger partial charge on any atom is -0.339 e. The highest BCUT2D eigenvalue weighted by atomic mass is 32.2. The Hall–Kier alpha value is -1.89. The van der Waals surface area contributed by atoms with Gasteiger partial charge in [-0.3, -0.25) is 4.79 Å². The number of carbonyl (C=O) groups excluding carboxylic acids is 1. The van der Waals surface area contributed by atoms with Crippen molar-refractivity contribution in [3.8, 4) is 0 Å². The van der Waals surface area contributed by atoms with E-state index < -0.39 is 0 Å². The lowest BCUT2D eigenvalue weighted by Gasteiger charge is -2.30. The second kappa shape index (κ2) is 6.71. The first-order valence-corrected chi connectivity index (χ1v) is 8.13. The molecular formula is C14H17N5OS. The Morgan fingerprint density at radius 1 is 1.24 bits per heavy atom. The van der Waals surface area contributed by atoms with Crippen LogP contribution in [0.15, 0.2) is 36.7 Å². The zero-order chi connectivity index (χ0) is 14.5. The number of aromatic nitrogens is 4. The second-order valence-electron chi connectivity index (χ2n) is 4.93. The minimum atomic E-state index is -0.370. The molecule has 3 rings (SSSR count). The monoisotopic (exact) mass is 303 g/mol. The van der Waals surface area contributed by atoms with E-state index in [4.69, 9.17) is 0 Å². The first-order chi connectivity index (χ1) is 10.3. The maximum absolute atomic E-state index is 12.8. The number of benzene rings is 1. The lowest BCUT2D eigenvalue weighted by molar-refractivity contribution is -0.134. The number of rotatable bonds is 4. The molecule has 0 saturated carbocycles. The smallest absolute Gasteiger partial charge is 0.247 e. The number of amides is 1. The molecule has 1 atom stereocenters. The predicted molar refractivity (Wildman–Crippen MR) is 80.9 cm³/mol. The van der Waals surface area contributed by atoms with Gasteiger partial charge < -0.3 is 4.90 Å². The van der Waals surface area contributed by atoms with Crippen LogP contribution in [0, 0.1) is 0 Å². The van der Waals surface area contributed by atoms with Crippen molar-refractivity contribution in [2.24, 2.45) is 0 Å². The van der Waals surface area contributed by atoms with Crippen molar-refractivity contribution in [3.05, 3.63) is 42.2 Å². The molecule has 110 valence electrons. The molecule has 1 fully saturated rings. The van der Waals surface area contributed by atoms with Gasteiger partial charge in [-0.1, -0.05) is 30.3 Å². The molecule has 1 aromatic carbocycles. The van der Waals surface area contributed by atoms with Crippen LogP contribution in [-0.2, 0) is 11.2 Å². The maximum Gasteiger partial charge on any atom is 0.247 e. The summed E-state index contributed by atoms with van der Waals surface area (Å²) in [4.78, 5) is 14.7. The second-order valence-corrected chi connectivity index (χ2v) is 6.16. The molecule has 0 aliphatic carbocycles. The third-order valence-corrected chi connectivity index (χ3v) is 4.51. The van der Waals surface area contributed by atoms with E-state index in [9.17, 15) is 4.79 Å². The number of thioether (sulfide) groups is 1. The van der Waals surface area contributed by atoms with Crippen LogP contribution in [0.2, 0.25) is 0 Å². The van der Waals surface area contributed by atoms with E-state index in [1.165, 1.54) is 6.33 Å². The van der Waals surface area contributed by atoms with Crippen molar-refractivity contribution in [1.29, 1.82) is 0 Å². The first-order valence-electron chi connectivity index (χ1n) is 6.97. The van der Waals surface area contributed by atoms with Gasteiger partial charge in [0.25, 0.3) is 0 Å². The average molecular weight is 303 g/mol. The molecule has 2 heterocycles. The minimum absolute atomic E-state index is 0.103. The van der Waals surface area contributed by atoms with Crippen LogP contribution in [-0.4, -0.2) is 55.6 Å². The number of carbonyl (C=O) groups is 1. The Morgan fingerprint density at radius 3 is 2.67 bits per heavy atom. The van der Waals surface area contributed by atoms with Crippen LogP contribution < -0.4 is 0 Å². The summed E-state index contributed by atoms with van der Waals surface area (Å²) in [6.45, 7) is 1.60. The summed E-state index contributed by atoms with van der Waals surface area (Å²) in [5.41, 5.74) is 1.11. The Bertz CT molecular complexity index is 568. The molecule has 21 heavy (non-hydrogen) atoms. The Labute approximate surface area is 127 Å². The fraction of sp³-hybridized carbons (Fsp3) is 0.429. The van der Waals surface area contributed by atoms with Gasteiger partial charge in [-0.15, -0.1) is 5.10 Å². The maximum atomic E-state index is 12.8. The van der Waals surface area contributed by atoms with E-state index in [1.807, 2.05) is 47.0 Å². The van der Waals surface area contributed by atoms with Gasteiger partial charge in [-0.25, -0.2) is 4.68 Å². The van der Waals surface area contributed by atoms with Crippen LogP contribution >= 0.6 is 11.8 Å². The predicted octanol–water partition coefficient (Wildman–Crippen LogP) is 1.03. The summed E-state index contributed by atoms with van der Waals surface area (Å²) in [7, 11) is 0. The van der Waals surface area contributed by atoms with Gasteiger partial charge in [0.15, 0.2) is 0 Å². The number of hydrogen-bond donors (Lipinski definition) is 0. The van der Waals surface area contributed by atoms with Crippen LogP contribution in [0.1, 0.15) is 11.6 Å². The van der Waals surface area contributed by atoms with Crippen molar-refractivity contribution in [1.82, 2.24) is 25.1 Å². The third-order valence-electron chi connectivity index (χ3n) is 3.56. The zero-order valence-electron chi connectivity index (χ0n) is 11.6. The van der Waals surface area contributed by atoms with Gasteiger partial charge in [0.05, 0.1) is 0 Å². The highest BCUT2D eigenvalue weighted by Crippen LogP contribution is 2.19. The molecule has 0 bridgehead atoms. The first kappa shape index (κ1) is 14.1. The van der Waals surface area contributed by atoms with E-state index in [0.717, 1.165) is 30.2 Å². The van der Waals surface area contributed by atoms with Gasteiger partial charge in [0.2, 0.25) is 5.91 Å². The Balaban J connectivity index is 1.80. The number of tetrazole rings is 1. The largest absolute Gasteiger partial charge is 0.339 e. The summed E-state index contributed by atoms with van der Waals surface area (Å²) in [5, 5.41) is 11.3. The van der Waals surface area contributed by atoms with Crippen LogP contribution in [0.4, 0.5) is 0 Å².